The number of benzene rings is 1. The minimum atomic E-state index is -1.37. The molecular formula is C10H12BF3O2. The Morgan fingerprint density at radius 3 is 2.25 bits per heavy atom. The van der Waals surface area contributed by atoms with Crippen LogP contribution in [0.3, 0.4) is 0 Å². The Hall–Kier alpha value is -1.17. The highest BCUT2D eigenvalue weighted by Crippen LogP contribution is 2.22. The first-order valence-corrected chi connectivity index (χ1v) is 4.86. The van der Waals surface area contributed by atoms with Crippen LogP contribution in [0.25, 0.3) is 0 Å². The largest absolute Gasteiger partial charge is 0.485 e. The molecule has 0 bridgehead atoms. The van der Waals surface area contributed by atoms with E-state index in [1.807, 2.05) is 0 Å². The van der Waals surface area contributed by atoms with Crippen molar-refractivity contribution < 1.29 is 22.9 Å². The molecule has 0 atom stereocenters. The Bertz CT molecular complexity index is 394. The van der Waals surface area contributed by atoms with Gasteiger partial charge in [-0.15, -0.1) is 0 Å². The van der Waals surface area contributed by atoms with Gasteiger partial charge in [-0.05, 0) is 13.8 Å². The molecule has 0 fully saturated rings. The van der Waals surface area contributed by atoms with Crippen molar-refractivity contribution in [3.8, 4) is 5.75 Å². The fourth-order valence-electron chi connectivity index (χ4n) is 1.31. The summed E-state index contributed by atoms with van der Waals surface area (Å²) in [7, 11) is 0. The summed E-state index contributed by atoms with van der Waals surface area (Å²) in [5, 5.41) is 9.18. The van der Waals surface area contributed by atoms with Crippen molar-refractivity contribution in [2.24, 2.45) is 0 Å². The second kappa shape index (κ2) is 4.78. The lowest BCUT2D eigenvalue weighted by Gasteiger charge is -2.14. The van der Waals surface area contributed by atoms with Gasteiger partial charge in [0.15, 0.2) is 17.4 Å². The van der Waals surface area contributed by atoms with Gasteiger partial charge in [-0.3, -0.25) is 0 Å². The molecule has 1 aromatic rings. The Morgan fingerprint density at radius 1 is 1.25 bits per heavy atom. The summed E-state index contributed by atoms with van der Waals surface area (Å²) in [5.41, 5.74) is -0.586. The van der Waals surface area contributed by atoms with Crippen molar-refractivity contribution in [3.63, 3.8) is 0 Å². The second-order valence-electron chi connectivity index (χ2n) is 3.74. The second-order valence-corrected chi connectivity index (χ2v) is 3.74. The van der Waals surface area contributed by atoms with Crippen molar-refractivity contribution in [1.29, 1.82) is 0 Å². The molecule has 88 valence electrons. The summed E-state index contributed by atoms with van der Waals surface area (Å²) in [5.74, 6) is -4.09. The number of ether oxygens (including phenoxy) is 1. The molecule has 2 nitrogen and oxygen atoms in total. The van der Waals surface area contributed by atoms with E-state index in [9.17, 15) is 18.2 Å². The quantitative estimate of drug-likeness (QED) is 0.804. The predicted molar refractivity (Wildman–Crippen MR) is 55.6 cm³/mol. The molecule has 0 saturated carbocycles. The van der Waals surface area contributed by atoms with Crippen LogP contribution in [-0.4, -0.2) is 18.0 Å². The monoisotopic (exact) mass is 232 g/mol. The van der Waals surface area contributed by atoms with E-state index in [4.69, 9.17) is 4.74 Å². The lowest BCUT2D eigenvalue weighted by molar-refractivity contribution is 0.219. The van der Waals surface area contributed by atoms with Crippen LogP contribution in [0.1, 0.15) is 13.8 Å². The highest BCUT2D eigenvalue weighted by molar-refractivity contribution is 6.65. The molecule has 1 rings (SSSR count). The van der Waals surface area contributed by atoms with Gasteiger partial charge in [0.2, 0.25) is 0 Å². The fraction of sp³-hybridized carbons (Fsp3) is 0.400. The SMILES string of the molecule is CB(O)c1c(F)cc(F)c(OC(C)C)c1F. The minimum Gasteiger partial charge on any atom is -0.485 e. The van der Waals surface area contributed by atoms with Crippen LogP contribution in [0, 0.1) is 17.5 Å². The lowest BCUT2D eigenvalue weighted by atomic mass is 9.64. The van der Waals surface area contributed by atoms with Crippen molar-refractivity contribution in [1.82, 2.24) is 0 Å². The van der Waals surface area contributed by atoms with Crippen LogP contribution in [0.5, 0.6) is 5.75 Å². The van der Waals surface area contributed by atoms with Gasteiger partial charge in [0, 0.05) is 11.5 Å². The highest BCUT2D eigenvalue weighted by atomic mass is 19.1. The predicted octanol–water partition coefficient (Wildman–Crippen LogP) is 1.71. The summed E-state index contributed by atoms with van der Waals surface area (Å²) < 4.78 is 44.9. The van der Waals surface area contributed by atoms with Crippen LogP contribution < -0.4 is 10.2 Å². The van der Waals surface area contributed by atoms with E-state index in [2.05, 4.69) is 0 Å². The van der Waals surface area contributed by atoms with Gasteiger partial charge in [-0.25, -0.2) is 13.2 Å². The molecule has 0 spiro atoms. The van der Waals surface area contributed by atoms with Gasteiger partial charge < -0.3 is 9.76 Å². The van der Waals surface area contributed by atoms with E-state index in [-0.39, 0.29) is 0 Å². The Balaban J connectivity index is 3.33. The molecule has 0 heterocycles. The number of rotatable bonds is 3. The Morgan fingerprint density at radius 2 is 1.81 bits per heavy atom. The molecule has 0 saturated heterocycles. The molecule has 16 heavy (non-hydrogen) atoms. The first-order chi connectivity index (χ1) is 7.34. The lowest BCUT2D eigenvalue weighted by Crippen LogP contribution is -2.34. The van der Waals surface area contributed by atoms with E-state index in [1.54, 1.807) is 13.8 Å². The summed E-state index contributed by atoms with van der Waals surface area (Å²) in [6.07, 6.45) is -0.448. The zero-order chi connectivity index (χ0) is 12.5. The maximum atomic E-state index is 13.6. The number of halogens is 3. The maximum absolute atomic E-state index is 13.6. The van der Waals surface area contributed by atoms with E-state index in [0.29, 0.717) is 6.07 Å². The first kappa shape index (κ1) is 12.9. The van der Waals surface area contributed by atoms with Crippen LogP contribution in [-0.2, 0) is 0 Å². The topological polar surface area (TPSA) is 29.5 Å². The van der Waals surface area contributed by atoms with Gasteiger partial charge in [-0.1, -0.05) is 6.82 Å². The summed E-state index contributed by atoms with van der Waals surface area (Å²) >= 11 is 0. The molecule has 1 N–H and O–H groups in total. The molecular weight excluding hydrogens is 220 g/mol. The molecule has 0 aliphatic rings. The average Bonchev–Trinajstić information content (AvgIpc) is 2.10. The first-order valence-electron chi connectivity index (χ1n) is 4.86. The van der Waals surface area contributed by atoms with Crippen molar-refractivity contribution in [2.75, 3.05) is 0 Å². The molecule has 0 amide bonds. The fourth-order valence-corrected chi connectivity index (χ4v) is 1.31. The van der Waals surface area contributed by atoms with E-state index in [0.717, 1.165) is 0 Å². The smallest absolute Gasteiger partial charge is 0.326 e. The van der Waals surface area contributed by atoms with Crippen LogP contribution in [0.15, 0.2) is 6.07 Å². The summed E-state index contributed by atoms with van der Waals surface area (Å²) in [6, 6.07) is 0.503. The third-order valence-corrected chi connectivity index (χ3v) is 1.93. The van der Waals surface area contributed by atoms with Gasteiger partial charge in [0.25, 0.3) is 0 Å². The molecule has 0 radical (unpaired) electrons. The van der Waals surface area contributed by atoms with Crippen LogP contribution in [0.4, 0.5) is 13.2 Å². The van der Waals surface area contributed by atoms with Gasteiger partial charge in [-0.2, -0.15) is 0 Å². The standard InChI is InChI=1S/C10H12BF3O2/c1-5(2)16-10-7(13)4-6(12)8(9(10)14)11(3)15/h4-5,15H,1-3H3. The maximum Gasteiger partial charge on any atom is 0.326 e. The Kier molecular flexibility index (Phi) is 3.85. The third kappa shape index (κ3) is 2.50. The highest BCUT2D eigenvalue weighted by Gasteiger charge is 2.25. The van der Waals surface area contributed by atoms with E-state index < -0.39 is 41.7 Å². The zero-order valence-corrected chi connectivity index (χ0v) is 9.22. The molecule has 0 aliphatic heterocycles. The normalized spacial score (nSPS) is 10.8. The molecule has 6 heteroatoms. The minimum absolute atomic E-state index is 0.448. The van der Waals surface area contributed by atoms with Gasteiger partial charge in [0.05, 0.1) is 6.10 Å². The molecule has 0 unspecified atom stereocenters. The van der Waals surface area contributed by atoms with Crippen molar-refractivity contribution in [2.45, 2.75) is 26.8 Å². The van der Waals surface area contributed by atoms with E-state index >= 15 is 0 Å². The van der Waals surface area contributed by atoms with Gasteiger partial charge >= 0.3 is 6.92 Å². The van der Waals surface area contributed by atoms with Crippen molar-refractivity contribution >= 4 is 12.4 Å². The van der Waals surface area contributed by atoms with Crippen molar-refractivity contribution in [3.05, 3.63) is 23.5 Å². The van der Waals surface area contributed by atoms with Crippen LogP contribution >= 0.6 is 0 Å². The number of hydrogen-bond donors (Lipinski definition) is 1. The third-order valence-electron chi connectivity index (χ3n) is 1.93. The summed E-state index contributed by atoms with van der Waals surface area (Å²) in [4.78, 5) is 0. The number of hydrogen-bond acceptors (Lipinski definition) is 2. The molecule has 0 aliphatic carbocycles. The molecule has 1 aromatic carbocycles. The summed E-state index contributed by atoms with van der Waals surface area (Å²) in [6.45, 7) is 3.00. The zero-order valence-electron chi connectivity index (χ0n) is 9.22. The van der Waals surface area contributed by atoms with Crippen LogP contribution in [0.2, 0.25) is 6.82 Å². The molecule has 0 aromatic heterocycles. The van der Waals surface area contributed by atoms with Gasteiger partial charge in [0.1, 0.15) is 5.82 Å². The average molecular weight is 232 g/mol. The Labute approximate surface area is 92.2 Å². The van der Waals surface area contributed by atoms with E-state index in [1.165, 1.54) is 6.82 Å².